The van der Waals surface area contributed by atoms with Crippen molar-refractivity contribution in [1.82, 2.24) is 10.6 Å². The monoisotopic (exact) mass is 180 g/mol. The number of hydrogen-bond acceptors (Lipinski definition) is 3. The van der Waals surface area contributed by atoms with Crippen molar-refractivity contribution in [2.75, 3.05) is 19.6 Å². The highest BCUT2D eigenvalue weighted by atomic mass is 35.5. The molecule has 1 aliphatic rings. The fourth-order valence-electron chi connectivity index (χ4n) is 0.683. The van der Waals surface area contributed by atoms with Gasteiger partial charge >= 0.3 is 6.09 Å². The topological polar surface area (TPSA) is 50.4 Å². The number of nitrogens with one attached hydrogen (secondary N) is 2. The summed E-state index contributed by atoms with van der Waals surface area (Å²) >= 11 is 0. The summed E-state index contributed by atoms with van der Waals surface area (Å²) in [6.45, 7) is 4.06. The van der Waals surface area contributed by atoms with Gasteiger partial charge in [0.05, 0.1) is 0 Å². The largest absolute Gasteiger partial charge is 0.444 e. The smallest absolute Gasteiger partial charge is 0.407 e. The van der Waals surface area contributed by atoms with Gasteiger partial charge in [-0.25, -0.2) is 4.79 Å². The highest BCUT2D eigenvalue weighted by molar-refractivity contribution is 5.85. The van der Waals surface area contributed by atoms with E-state index in [-0.39, 0.29) is 24.6 Å². The first-order valence-corrected chi connectivity index (χ1v) is 3.48. The normalized spacial score (nSPS) is 16.1. The standard InChI is InChI=1S/C6H12N2O2.ClH/c1-2-8-6(9)10-5-3-7-4-5;/h5,7H,2-4H2,1H3,(H,8,9);1H. The van der Waals surface area contributed by atoms with E-state index < -0.39 is 0 Å². The van der Waals surface area contributed by atoms with Crippen LogP contribution in [-0.2, 0) is 4.74 Å². The Hall–Kier alpha value is -0.480. The molecular weight excluding hydrogens is 168 g/mol. The van der Waals surface area contributed by atoms with Crippen molar-refractivity contribution in [3.63, 3.8) is 0 Å². The van der Waals surface area contributed by atoms with Crippen LogP contribution in [-0.4, -0.2) is 31.8 Å². The van der Waals surface area contributed by atoms with E-state index in [4.69, 9.17) is 4.74 Å². The van der Waals surface area contributed by atoms with E-state index in [1.54, 1.807) is 0 Å². The van der Waals surface area contributed by atoms with Crippen LogP contribution < -0.4 is 10.6 Å². The third-order valence-corrected chi connectivity index (χ3v) is 1.34. The van der Waals surface area contributed by atoms with Crippen molar-refractivity contribution < 1.29 is 9.53 Å². The van der Waals surface area contributed by atoms with Crippen molar-refractivity contribution in [2.24, 2.45) is 0 Å². The van der Waals surface area contributed by atoms with Crippen LogP contribution in [0.2, 0.25) is 0 Å². The molecule has 0 radical (unpaired) electrons. The lowest BCUT2D eigenvalue weighted by Gasteiger charge is -2.26. The van der Waals surface area contributed by atoms with Gasteiger partial charge in [-0.3, -0.25) is 0 Å². The van der Waals surface area contributed by atoms with Crippen LogP contribution in [0.1, 0.15) is 6.92 Å². The Bertz CT molecular complexity index is 128. The summed E-state index contributed by atoms with van der Waals surface area (Å²) in [6.07, 6.45) is -0.222. The molecule has 11 heavy (non-hydrogen) atoms. The molecule has 0 unspecified atom stereocenters. The first-order valence-electron chi connectivity index (χ1n) is 3.48. The molecule has 1 rings (SSSR count). The van der Waals surface area contributed by atoms with Crippen LogP contribution in [0.25, 0.3) is 0 Å². The summed E-state index contributed by atoms with van der Waals surface area (Å²) in [5, 5.41) is 5.56. The van der Waals surface area contributed by atoms with Gasteiger partial charge in [-0.05, 0) is 6.92 Å². The molecule has 0 saturated carbocycles. The molecule has 2 N–H and O–H groups in total. The van der Waals surface area contributed by atoms with Gasteiger partial charge in [0.2, 0.25) is 0 Å². The van der Waals surface area contributed by atoms with Gasteiger partial charge in [0.25, 0.3) is 0 Å². The second-order valence-corrected chi connectivity index (χ2v) is 2.22. The minimum absolute atomic E-state index is 0. The van der Waals surface area contributed by atoms with Crippen molar-refractivity contribution in [3.8, 4) is 0 Å². The third-order valence-electron chi connectivity index (χ3n) is 1.34. The lowest BCUT2D eigenvalue weighted by molar-refractivity contribution is 0.0675. The zero-order valence-corrected chi connectivity index (χ0v) is 7.24. The summed E-state index contributed by atoms with van der Waals surface area (Å²) in [6, 6.07) is 0. The molecule has 1 fully saturated rings. The molecule has 5 heteroatoms. The molecule has 1 heterocycles. The fraction of sp³-hybridized carbons (Fsp3) is 0.833. The summed E-state index contributed by atoms with van der Waals surface area (Å²) in [4.78, 5) is 10.7. The number of rotatable bonds is 2. The second kappa shape index (κ2) is 5.21. The van der Waals surface area contributed by atoms with Crippen LogP contribution in [0, 0.1) is 0 Å². The van der Waals surface area contributed by atoms with Crippen molar-refractivity contribution in [3.05, 3.63) is 0 Å². The molecule has 0 aliphatic carbocycles. The lowest BCUT2D eigenvalue weighted by Crippen LogP contribution is -2.50. The number of hydrogen-bond donors (Lipinski definition) is 2. The van der Waals surface area contributed by atoms with Gasteiger partial charge < -0.3 is 15.4 Å². The molecule has 1 amide bonds. The molecule has 0 spiro atoms. The highest BCUT2D eigenvalue weighted by Crippen LogP contribution is 1.97. The Morgan fingerprint density at radius 2 is 2.36 bits per heavy atom. The zero-order chi connectivity index (χ0) is 7.40. The van der Waals surface area contributed by atoms with Gasteiger partial charge in [0.1, 0.15) is 6.10 Å². The maximum atomic E-state index is 10.7. The number of alkyl carbamates (subject to hydrolysis) is 1. The number of carbonyl (C=O) groups is 1. The van der Waals surface area contributed by atoms with E-state index >= 15 is 0 Å². The minimum Gasteiger partial charge on any atom is -0.444 e. The van der Waals surface area contributed by atoms with E-state index in [2.05, 4.69) is 10.6 Å². The molecule has 1 saturated heterocycles. The Balaban J connectivity index is 0.000001000. The molecule has 0 aromatic rings. The number of halogens is 1. The quantitative estimate of drug-likeness (QED) is 0.635. The van der Waals surface area contributed by atoms with E-state index in [9.17, 15) is 4.79 Å². The lowest BCUT2D eigenvalue weighted by atomic mass is 10.2. The summed E-state index contributed by atoms with van der Waals surface area (Å²) in [7, 11) is 0. The van der Waals surface area contributed by atoms with Crippen LogP contribution in [0.3, 0.4) is 0 Å². The maximum Gasteiger partial charge on any atom is 0.407 e. The van der Waals surface area contributed by atoms with Gasteiger partial charge in [0, 0.05) is 19.6 Å². The second-order valence-electron chi connectivity index (χ2n) is 2.22. The first kappa shape index (κ1) is 10.5. The Kier molecular flexibility index (Phi) is 4.98. The van der Waals surface area contributed by atoms with Crippen molar-refractivity contribution in [2.45, 2.75) is 13.0 Å². The van der Waals surface area contributed by atoms with Gasteiger partial charge in [0.15, 0.2) is 0 Å². The Morgan fingerprint density at radius 1 is 1.73 bits per heavy atom. The molecule has 66 valence electrons. The van der Waals surface area contributed by atoms with Gasteiger partial charge in [-0.15, -0.1) is 12.4 Å². The third kappa shape index (κ3) is 3.43. The molecule has 0 bridgehead atoms. The summed E-state index contributed by atoms with van der Waals surface area (Å²) in [5.41, 5.74) is 0. The minimum atomic E-state index is -0.311. The molecule has 0 aromatic heterocycles. The van der Waals surface area contributed by atoms with Gasteiger partial charge in [-0.2, -0.15) is 0 Å². The number of carbonyl (C=O) groups excluding carboxylic acids is 1. The molecule has 4 nitrogen and oxygen atoms in total. The Morgan fingerprint density at radius 3 is 2.73 bits per heavy atom. The maximum absolute atomic E-state index is 10.7. The van der Waals surface area contributed by atoms with Crippen LogP contribution in [0.15, 0.2) is 0 Å². The molecule has 0 aromatic carbocycles. The average Bonchev–Trinajstić information content (AvgIpc) is 1.80. The van der Waals surface area contributed by atoms with Crippen molar-refractivity contribution in [1.29, 1.82) is 0 Å². The predicted molar refractivity (Wildman–Crippen MR) is 44.1 cm³/mol. The predicted octanol–water partition coefficient (Wildman–Crippen LogP) is 0.126. The number of ether oxygens (including phenoxy) is 1. The highest BCUT2D eigenvalue weighted by Gasteiger charge is 2.20. The van der Waals surface area contributed by atoms with Crippen LogP contribution in [0.4, 0.5) is 4.79 Å². The first-order chi connectivity index (χ1) is 4.83. The van der Waals surface area contributed by atoms with Crippen LogP contribution >= 0.6 is 12.4 Å². The fourth-order valence-corrected chi connectivity index (χ4v) is 0.683. The summed E-state index contributed by atoms with van der Waals surface area (Å²) < 4.78 is 4.91. The van der Waals surface area contributed by atoms with Crippen molar-refractivity contribution >= 4 is 18.5 Å². The van der Waals surface area contributed by atoms with E-state index in [0.717, 1.165) is 13.1 Å². The molecular formula is C6H13ClN2O2. The van der Waals surface area contributed by atoms with Gasteiger partial charge in [-0.1, -0.05) is 0 Å². The van der Waals surface area contributed by atoms with E-state index in [1.807, 2.05) is 6.92 Å². The SMILES string of the molecule is CCNC(=O)OC1CNC1.Cl. The summed E-state index contributed by atoms with van der Waals surface area (Å²) in [5.74, 6) is 0. The molecule has 1 aliphatic heterocycles. The van der Waals surface area contributed by atoms with E-state index in [1.165, 1.54) is 0 Å². The zero-order valence-electron chi connectivity index (χ0n) is 6.42. The number of amides is 1. The van der Waals surface area contributed by atoms with Crippen LogP contribution in [0.5, 0.6) is 0 Å². The average molecular weight is 181 g/mol. The molecule has 0 atom stereocenters. The Labute approximate surface area is 72.1 Å². The van der Waals surface area contributed by atoms with E-state index in [0.29, 0.717) is 6.54 Å².